The fraction of sp³-hybridized carbons (Fsp3) is 0.769. The monoisotopic (exact) mass is 1130 g/mol. The first-order valence-corrected chi connectivity index (χ1v) is 27.7. The van der Waals surface area contributed by atoms with Crippen molar-refractivity contribution in [2.75, 3.05) is 72.5 Å². The number of carboxylic acid groups (broad SMARTS) is 3. The van der Waals surface area contributed by atoms with E-state index >= 15 is 0 Å². The highest BCUT2D eigenvalue weighted by Crippen LogP contribution is 2.15. The van der Waals surface area contributed by atoms with E-state index in [0.717, 1.165) is 32.1 Å². The Balaban J connectivity index is 3.97. The minimum atomic E-state index is -1.48. The molecular weight excluding hydrogens is 1040 g/mol. The quantitative estimate of drug-likeness (QED) is 0.0103. The maximum Gasteiger partial charge on any atom is 0.326 e. The largest absolute Gasteiger partial charge is 0.513 e. The third-order valence-corrected chi connectivity index (χ3v) is 12.2. The normalized spacial score (nSPS) is 12.5. The van der Waals surface area contributed by atoms with Gasteiger partial charge in [-0.1, -0.05) is 83.6 Å². The summed E-state index contributed by atoms with van der Waals surface area (Å²) >= 11 is 0. The van der Waals surface area contributed by atoms with Crippen LogP contribution in [0.1, 0.15) is 161 Å². The molecule has 0 aromatic heterocycles. The SMILES string of the molecule is C=C(O)CCCCCCCCCCCCCCCCC(=O)N[C@@H](CCC(=O)NCCOCCOCC(=O)NCCOCCOCC(=O)N[C@@H](CCC(=O)N[C@@H](CCC(=O)NCCCC[C@H](NN)C(=N)N)C(=O)O)C(=O)O)C(=O)O. The molecule has 0 aliphatic heterocycles. The van der Waals surface area contributed by atoms with Crippen molar-refractivity contribution < 1.29 is 82.5 Å². The molecule has 0 aromatic rings. The first-order valence-electron chi connectivity index (χ1n) is 27.7. The second-order valence-electron chi connectivity index (χ2n) is 19.1. The number of aliphatic carboxylic acids is 3. The third kappa shape index (κ3) is 45.6. The van der Waals surface area contributed by atoms with E-state index in [1.807, 2.05) is 0 Å². The summed E-state index contributed by atoms with van der Waals surface area (Å²) in [5, 5.41) is 60.0. The van der Waals surface area contributed by atoms with Gasteiger partial charge in [0.2, 0.25) is 35.4 Å². The second-order valence-corrected chi connectivity index (χ2v) is 19.1. The number of aliphatic hydroxyl groups excluding tert-OH is 1. The fourth-order valence-corrected chi connectivity index (χ4v) is 7.66. The topological polar surface area (TPSA) is 432 Å². The smallest absolute Gasteiger partial charge is 0.326 e. The molecule has 0 unspecified atom stereocenters. The van der Waals surface area contributed by atoms with E-state index in [-0.39, 0.29) is 121 Å². The van der Waals surface area contributed by atoms with Crippen molar-refractivity contribution in [3.8, 4) is 0 Å². The minimum absolute atomic E-state index is 0.0406. The molecule has 0 aromatic carbocycles. The number of hydrogen-bond acceptors (Lipinski definition) is 17. The van der Waals surface area contributed by atoms with Crippen LogP contribution in [-0.2, 0) is 62.1 Å². The zero-order valence-electron chi connectivity index (χ0n) is 46.2. The number of nitrogens with two attached hydrogens (primary N) is 2. The number of amidine groups is 1. The molecule has 454 valence electrons. The summed E-state index contributed by atoms with van der Waals surface area (Å²) in [5.41, 5.74) is 7.83. The number of amides is 6. The zero-order valence-corrected chi connectivity index (χ0v) is 46.2. The lowest BCUT2D eigenvalue weighted by atomic mass is 10.0. The predicted octanol–water partition coefficient (Wildman–Crippen LogP) is 1.70. The van der Waals surface area contributed by atoms with E-state index in [2.05, 4.69) is 43.9 Å². The number of hydrazine groups is 1. The van der Waals surface area contributed by atoms with Crippen molar-refractivity contribution in [3.63, 3.8) is 0 Å². The van der Waals surface area contributed by atoms with Gasteiger partial charge in [-0.2, -0.15) is 0 Å². The first-order chi connectivity index (χ1) is 37.9. The van der Waals surface area contributed by atoms with Crippen LogP contribution in [0.15, 0.2) is 12.3 Å². The molecule has 27 nitrogen and oxygen atoms in total. The van der Waals surface area contributed by atoms with Gasteiger partial charge in [0.05, 0.1) is 51.4 Å². The number of hydrogen-bond donors (Lipinski definition) is 14. The highest BCUT2D eigenvalue weighted by Gasteiger charge is 2.25. The highest BCUT2D eigenvalue weighted by atomic mass is 16.5. The van der Waals surface area contributed by atoms with Gasteiger partial charge >= 0.3 is 17.9 Å². The summed E-state index contributed by atoms with van der Waals surface area (Å²) in [6.45, 7) is 3.82. The lowest BCUT2D eigenvalue weighted by Crippen LogP contribution is -2.45. The van der Waals surface area contributed by atoms with Crippen molar-refractivity contribution in [3.05, 3.63) is 12.3 Å². The number of ether oxygens (including phenoxy) is 4. The average Bonchev–Trinajstić information content (AvgIpc) is 3.39. The van der Waals surface area contributed by atoms with Crippen molar-refractivity contribution in [2.24, 2.45) is 11.6 Å². The Bertz CT molecular complexity index is 1800. The van der Waals surface area contributed by atoms with Crippen LogP contribution in [-0.4, -0.2) is 176 Å². The van der Waals surface area contributed by atoms with E-state index < -0.39 is 78.7 Å². The van der Waals surface area contributed by atoms with E-state index in [1.165, 1.54) is 51.4 Å². The molecule has 6 amide bonds. The minimum Gasteiger partial charge on any atom is -0.513 e. The summed E-state index contributed by atoms with van der Waals surface area (Å²) in [6, 6.07) is -4.55. The maximum atomic E-state index is 12.5. The number of carbonyl (C=O) groups is 9. The van der Waals surface area contributed by atoms with Gasteiger partial charge in [-0.25, -0.2) is 19.8 Å². The molecule has 0 aliphatic rings. The number of rotatable bonds is 55. The van der Waals surface area contributed by atoms with E-state index in [1.54, 1.807) is 0 Å². The number of carboxylic acids is 3. The van der Waals surface area contributed by atoms with Gasteiger partial charge in [-0.3, -0.25) is 40.0 Å². The van der Waals surface area contributed by atoms with E-state index in [0.29, 0.717) is 38.6 Å². The molecule has 0 rings (SSSR count). The molecule has 4 atom stereocenters. The van der Waals surface area contributed by atoms with Crippen molar-refractivity contribution in [1.82, 2.24) is 37.3 Å². The van der Waals surface area contributed by atoms with Crippen molar-refractivity contribution in [2.45, 2.75) is 185 Å². The lowest BCUT2D eigenvalue weighted by molar-refractivity contribution is -0.144. The first kappa shape index (κ1) is 73.0. The second kappa shape index (κ2) is 49.1. The molecule has 0 saturated carbocycles. The van der Waals surface area contributed by atoms with Crippen LogP contribution in [0.5, 0.6) is 0 Å². The van der Waals surface area contributed by atoms with Crippen LogP contribution >= 0.6 is 0 Å². The molecule has 0 fully saturated rings. The molecule has 0 radical (unpaired) electrons. The molecule has 0 bridgehead atoms. The van der Waals surface area contributed by atoms with Gasteiger partial charge in [-0.15, -0.1) is 0 Å². The summed E-state index contributed by atoms with van der Waals surface area (Å²) in [5.74, 6) is -1.71. The van der Waals surface area contributed by atoms with Crippen LogP contribution in [0.4, 0.5) is 0 Å². The van der Waals surface area contributed by atoms with Crippen LogP contribution in [0.2, 0.25) is 0 Å². The summed E-state index contributed by atoms with van der Waals surface area (Å²) in [6.07, 6.45) is 16.9. The van der Waals surface area contributed by atoms with Crippen LogP contribution < -0.4 is 48.9 Å². The van der Waals surface area contributed by atoms with Gasteiger partial charge in [0, 0.05) is 51.7 Å². The maximum absolute atomic E-state index is 12.5. The molecule has 16 N–H and O–H groups in total. The molecule has 0 spiro atoms. The molecular formula is C52H94N10O17. The van der Waals surface area contributed by atoms with E-state index in [4.69, 9.17) is 41.0 Å². The zero-order chi connectivity index (χ0) is 58.9. The Hall–Kier alpha value is -6.00. The number of carbonyl (C=O) groups excluding carboxylic acids is 6. The number of allylic oxidation sites excluding steroid dienone is 1. The van der Waals surface area contributed by atoms with Gasteiger partial charge in [0.15, 0.2) is 0 Å². The fourth-order valence-electron chi connectivity index (χ4n) is 7.66. The molecule has 0 heterocycles. The Morgan fingerprint density at radius 2 is 0.747 bits per heavy atom. The highest BCUT2D eigenvalue weighted by molar-refractivity contribution is 5.87. The van der Waals surface area contributed by atoms with Crippen LogP contribution in [0, 0.1) is 5.41 Å². The van der Waals surface area contributed by atoms with Gasteiger partial charge < -0.3 is 77.0 Å². The van der Waals surface area contributed by atoms with Gasteiger partial charge in [-0.05, 0) is 51.4 Å². The molecule has 27 heteroatoms. The lowest BCUT2D eigenvalue weighted by Gasteiger charge is -2.17. The molecule has 0 saturated heterocycles. The number of aliphatic hydroxyl groups is 1. The summed E-state index contributed by atoms with van der Waals surface area (Å²) < 4.78 is 21.2. The third-order valence-electron chi connectivity index (χ3n) is 12.2. The Morgan fingerprint density at radius 1 is 0.392 bits per heavy atom. The van der Waals surface area contributed by atoms with Gasteiger partial charge in [0.25, 0.3) is 0 Å². The van der Waals surface area contributed by atoms with E-state index in [9.17, 15) is 58.5 Å². The Morgan fingerprint density at radius 3 is 1.16 bits per heavy atom. The van der Waals surface area contributed by atoms with Crippen molar-refractivity contribution >= 4 is 59.2 Å². The number of unbranched alkanes of at least 4 members (excludes halogenated alkanes) is 14. The molecule has 0 aliphatic carbocycles. The number of nitrogens with one attached hydrogen (secondary N) is 8. The van der Waals surface area contributed by atoms with Crippen LogP contribution in [0.25, 0.3) is 0 Å². The standard InChI is InChI=1S/C52H94N10O17/c1-38(63)18-14-12-10-8-6-4-2-3-5-7-9-11-13-15-20-45(66)59-40(50(70)71)22-25-44(65)57-28-30-76-32-34-78-36-47(68)58-29-31-77-33-35-79-37-48(69)61-42(52(74)75)23-26-46(67)60-41(51(72)73)21-24-43(64)56-27-17-16-19-39(62-55)49(53)54/h39-42,62-63H,1-37,55H2,(H3,53,54)(H,56,64)(H,57,65)(H,58,68)(H,59,66)(H,60,67)(H,61,69)(H,70,71)(H,72,73)(H,74,75)/t39-,40-,41-,42-/m0/s1. The average molecular weight is 1130 g/mol. The summed E-state index contributed by atoms with van der Waals surface area (Å²) in [4.78, 5) is 109. The molecule has 79 heavy (non-hydrogen) atoms. The van der Waals surface area contributed by atoms with Crippen LogP contribution in [0.3, 0.4) is 0 Å². The predicted molar refractivity (Wildman–Crippen MR) is 291 cm³/mol. The Labute approximate surface area is 464 Å². The van der Waals surface area contributed by atoms with Gasteiger partial charge in [0.1, 0.15) is 37.2 Å². The Kier molecular flexibility index (Phi) is 45.3. The summed E-state index contributed by atoms with van der Waals surface area (Å²) in [7, 11) is 0. The van der Waals surface area contributed by atoms with Crippen molar-refractivity contribution in [1.29, 1.82) is 5.41 Å².